The first-order chi connectivity index (χ1) is 11.4. The maximum absolute atomic E-state index is 11.9. The standard InChI is InChI=1S/C15H20N4O5/c1-10(20)18-19-14(22)12(7-8-13(16)21)17-15(23)24-9-11-5-3-2-4-6-11/h2-6,12H,7-9H2,1H3,(H2,16,21)(H,17,23)(H,18,20)(H,19,22)/t12-/m1/s1. The number of rotatable bonds is 7. The summed E-state index contributed by atoms with van der Waals surface area (Å²) >= 11 is 0. The van der Waals surface area contributed by atoms with Crippen molar-refractivity contribution in [2.24, 2.45) is 5.73 Å². The summed E-state index contributed by atoms with van der Waals surface area (Å²) in [5.74, 6) is -1.79. The number of nitrogens with two attached hydrogens (primary N) is 1. The molecule has 0 bridgehead atoms. The summed E-state index contributed by atoms with van der Waals surface area (Å²) in [6.07, 6.45) is -0.968. The van der Waals surface area contributed by atoms with E-state index >= 15 is 0 Å². The molecule has 1 rings (SSSR count). The van der Waals surface area contributed by atoms with Crippen LogP contribution in [0.25, 0.3) is 0 Å². The lowest BCUT2D eigenvalue weighted by molar-refractivity contribution is -0.129. The van der Waals surface area contributed by atoms with E-state index in [2.05, 4.69) is 16.2 Å². The Balaban J connectivity index is 2.55. The summed E-state index contributed by atoms with van der Waals surface area (Å²) in [6, 6.07) is 7.91. The molecule has 24 heavy (non-hydrogen) atoms. The van der Waals surface area contributed by atoms with Gasteiger partial charge in [0.15, 0.2) is 0 Å². The van der Waals surface area contributed by atoms with Gasteiger partial charge in [-0.3, -0.25) is 25.2 Å². The second-order valence-corrected chi connectivity index (χ2v) is 4.93. The zero-order chi connectivity index (χ0) is 17.9. The van der Waals surface area contributed by atoms with Gasteiger partial charge in [0.25, 0.3) is 5.91 Å². The van der Waals surface area contributed by atoms with Crippen LogP contribution in [0.1, 0.15) is 25.3 Å². The molecular weight excluding hydrogens is 316 g/mol. The first-order valence-corrected chi connectivity index (χ1v) is 7.20. The second-order valence-electron chi connectivity index (χ2n) is 4.93. The van der Waals surface area contributed by atoms with Crippen LogP contribution in [0.15, 0.2) is 30.3 Å². The maximum Gasteiger partial charge on any atom is 0.408 e. The first kappa shape index (κ1) is 18.9. The summed E-state index contributed by atoms with van der Waals surface area (Å²) in [7, 11) is 0. The van der Waals surface area contributed by atoms with Crippen LogP contribution in [-0.4, -0.2) is 29.9 Å². The third-order valence-corrected chi connectivity index (χ3v) is 2.86. The Bertz CT molecular complexity index is 591. The molecule has 0 saturated carbocycles. The lowest BCUT2D eigenvalue weighted by atomic mass is 10.1. The molecule has 130 valence electrons. The van der Waals surface area contributed by atoms with Gasteiger partial charge in [-0.15, -0.1) is 0 Å². The summed E-state index contributed by atoms with van der Waals surface area (Å²) < 4.78 is 5.01. The predicted molar refractivity (Wildman–Crippen MR) is 83.9 cm³/mol. The molecule has 0 unspecified atom stereocenters. The van der Waals surface area contributed by atoms with Gasteiger partial charge >= 0.3 is 6.09 Å². The molecule has 0 saturated heterocycles. The smallest absolute Gasteiger partial charge is 0.408 e. The molecule has 9 heteroatoms. The van der Waals surface area contributed by atoms with Crippen LogP contribution >= 0.6 is 0 Å². The Morgan fingerprint density at radius 2 is 1.79 bits per heavy atom. The van der Waals surface area contributed by atoms with Crippen molar-refractivity contribution < 1.29 is 23.9 Å². The number of nitrogens with one attached hydrogen (secondary N) is 3. The monoisotopic (exact) mass is 336 g/mol. The van der Waals surface area contributed by atoms with Crippen molar-refractivity contribution in [1.29, 1.82) is 0 Å². The van der Waals surface area contributed by atoms with Crippen LogP contribution < -0.4 is 21.9 Å². The Hall–Kier alpha value is -3.10. The highest BCUT2D eigenvalue weighted by molar-refractivity contribution is 5.88. The molecule has 0 aromatic heterocycles. The Morgan fingerprint density at radius 1 is 1.12 bits per heavy atom. The molecule has 0 fully saturated rings. The lowest BCUT2D eigenvalue weighted by Crippen LogP contribution is -2.52. The van der Waals surface area contributed by atoms with E-state index in [1.807, 2.05) is 6.07 Å². The van der Waals surface area contributed by atoms with E-state index in [0.29, 0.717) is 0 Å². The van der Waals surface area contributed by atoms with Crippen LogP contribution in [0.5, 0.6) is 0 Å². The molecule has 0 aliphatic heterocycles. The minimum absolute atomic E-state index is 0.0266. The fourth-order valence-corrected chi connectivity index (χ4v) is 1.70. The van der Waals surface area contributed by atoms with Crippen molar-refractivity contribution in [3.05, 3.63) is 35.9 Å². The SMILES string of the molecule is CC(=O)NNC(=O)[C@@H](CCC(N)=O)NC(=O)OCc1ccccc1. The van der Waals surface area contributed by atoms with Gasteiger partial charge in [0, 0.05) is 13.3 Å². The highest BCUT2D eigenvalue weighted by atomic mass is 16.5. The summed E-state index contributed by atoms with van der Waals surface area (Å²) in [5.41, 5.74) is 10.0. The van der Waals surface area contributed by atoms with E-state index < -0.39 is 29.9 Å². The molecule has 0 radical (unpaired) electrons. The average molecular weight is 336 g/mol. The number of benzene rings is 1. The van der Waals surface area contributed by atoms with Gasteiger partial charge in [0.2, 0.25) is 11.8 Å². The van der Waals surface area contributed by atoms with Crippen LogP contribution in [0.2, 0.25) is 0 Å². The molecule has 1 atom stereocenters. The summed E-state index contributed by atoms with van der Waals surface area (Å²) in [4.78, 5) is 45.4. The number of alkyl carbamates (subject to hydrolysis) is 1. The van der Waals surface area contributed by atoms with Gasteiger partial charge in [-0.05, 0) is 12.0 Å². The highest BCUT2D eigenvalue weighted by Gasteiger charge is 2.22. The van der Waals surface area contributed by atoms with Gasteiger partial charge in [-0.25, -0.2) is 4.79 Å². The van der Waals surface area contributed by atoms with E-state index in [1.54, 1.807) is 24.3 Å². The number of ether oxygens (including phenoxy) is 1. The third kappa shape index (κ3) is 7.78. The maximum atomic E-state index is 11.9. The minimum Gasteiger partial charge on any atom is -0.445 e. The largest absolute Gasteiger partial charge is 0.445 e. The second kappa shape index (κ2) is 9.82. The van der Waals surface area contributed by atoms with E-state index in [1.165, 1.54) is 6.92 Å². The molecule has 5 N–H and O–H groups in total. The molecule has 9 nitrogen and oxygen atoms in total. The number of carbonyl (C=O) groups is 4. The van der Waals surface area contributed by atoms with Gasteiger partial charge in [-0.1, -0.05) is 30.3 Å². The minimum atomic E-state index is -1.08. The third-order valence-electron chi connectivity index (χ3n) is 2.86. The Morgan fingerprint density at radius 3 is 2.38 bits per heavy atom. The predicted octanol–water partition coefficient (Wildman–Crippen LogP) is -0.286. The normalized spacial score (nSPS) is 11.0. The van der Waals surface area contributed by atoms with Crippen LogP contribution in [0, 0.1) is 0 Å². The van der Waals surface area contributed by atoms with Crippen molar-refractivity contribution in [3.63, 3.8) is 0 Å². The number of hydrogen-bond donors (Lipinski definition) is 4. The number of primary amides is 1. The quantitative estimate of drug-likeness (QED) is 0.507. The molecule has 0 aliphatic rings. The molecule has 0 aliphatic carbocycles. The summed E-state index contributed by atoms with van der Waals surface area (Å²) in [6.45, 7) is 1.24. The summed E-state index contributed by atoms with van der Waals surface area (Å²) in [5, 5.41) is 2.33. The molecule has 1 aromatic carbocycles. The van der Waals surface area contributed by atoms with Gasteiger partial charge in [-0.2, -0.15) is 0 Å². The van der Waals surface area contributed by atoms with Crippen molar-refractivity contribution >= 4 is 23.8 Å². The number of hydrazine groups is 1. The van der Waals surface area contributed by atoms with E-state index in [9.17, 15) is 19.2 Å². The average Bonchev–Trinajstić information content (AvgIpc) is 2.55. The number of amides is 4. The topological polar surface area (TPSA) is 140 Å². The van der Waals surface area contributed by atoms with Crippen LogP contribution in [-0.2, 0) is 25.7 Å². The molecule has 0 spiro atoms. The fraction of sp³-hybridized carbons (Fsp3) is 0.333. The molecule has 4 amide bonds. The molecule has 1 aromatic rings. The van der Waals surface area contributed by atoms with Crippen molar-refractivity contribution in [1.82, 2.24) is 16.2 Å². The molecule has 0 heterocycles. The first-order valence-electron chi connectivity index (χ1n) is 7.20. The van der Waals surface area contributed by atoms with Gasteiger partial charge < -0.3 is 15.8 Å². The van der Waals surface area contributed by atoms with Crippen molar-refractivity contribution in [3.8, 4) is 0 Å². The van der Waals surface area contributed by atoms with E-state index in [4.69, 9.17) is 10.5 Å². The van der Waals surface area contributed by atoms with Gasteiger partial charge in [0.05, 0.1) is 0 Å². The highest BCUT2D eigenvalue weighted by Crippen LogP contribution is 2.02. The van der Waals surface area contributed by atoms with E-state index in [0.717, 1.165) is 5.56 Å². The van der Waals surface area contributed by atoms with Gasteiger partial charge in [0.1, 0.15) is 12.6 Å². The van der Waals surface area contributed by atoms with E-state index in [-0.39, 0.29) is 19.4 Å². The Kier molecular flexibility index (Phi) is 7.76. The Labute approximate surface area is 138 Å². The van der Waals surface area contributed by atoms with Crippen LogP contribution in [0.4, 0.5) is 4.79 Å². The van der Waals surface area contributed by atoms with Crippen molar-refractivity contribution in [2.45, 2.75) is 32.4 Å². The zero-order valence-corrected chi connectivity index (χ0v) is 13.2. The van der Waals surface area contributed by atoms with Crippen LogP contribution in [0.3, 0.4) is 0 Å². The fourth-order valence-electron chi connectivity index (χ4n) is 1.70. The van der Waals surface area contributed by atoms with Crippen molar-refractivity contribution in [2.75, 3.05) is 0 Å². The number of carbonyl (C=O) groups excluding carboxylic acids is 4. The zero-order valence-electron chi connectivity index (χ0n) is 13.2. The number of hydrogen-bond acceptors (Lipinski definition) is 5. The molecular formula is C15H20N4O5. The lowest BCUT2D eigenvalue weighted by Gasteiger charge is -2.17.